The Morgan fingerprint density at radius 3 is 2.72 bits per heavy atom. The quantitative estimate of drug-likeness (QED) is 0.771. The van der Waals surface area contributed by atoms with E-state index >= 15 is 0 Å². The van der Waals surface area contributed by atoms with Crippen LogP contribution < -0.4 is 4.90 Å². The van der Waals surface area contributed by atoms with Crippen LogP contribution >= 0.6 is 15.9 Å². The average Bonchev–Trinajstić information content (AvgIpc) is 3.07. The number of hydrogen-bond acceptors (Lipinski definition) is 2. The van der Waals surface area contributed by atoms with Crippen LogP contribution in [0.15, 0.2) is 53.0 Å². The molecule has 1 fully saturated rings. The molecule has 1 atom stereocenters. The first kappa shape index (κ1) is 16.8. The first-order valence-corrected chi connectivity index (χ1v) is 9.86. The molecule has 130 valence electrons. The largest absolute Gasteiger partial charge is 0.312 e. The van der Waals surface area contributed by atoms with Crippen molar-refractivity contribution in [2.45, 2.75) is 25.8 Å². The van der Waals surface area contributed by atoms with Crippen molar-refractivity contribution in [2.24, 2.45) is 5.92 Å². The van der Waals surface area contributed by atoms with E-state index in [2.05, 4.69) is 63.3 Å². The third kappa shape index (κ3) is 3.65. The molecule has 1 unspecified atom stereocenters. The molecule has 2 heterocycles. The summed E-state index contributed by atoms with van der Waals surface area (Å²) in [6.07, 6.45) is 3.09. The number of anilines is 1. The summed E-state index contributed by atoms with van der Waals surface area (Å²) in [6.45, 7) is 3.71. The van der Waals surface area contributed by atoms with Crippen molar-refractivity contribution in [3.8, 4) is 0 Å². The summed E-state index contributed by atoms with van der Waals surface area (Å²) >= 11 is 3.49. The molecule has 2 aromatic carbocycles. The number of para-hydroxylation sites is 1. The van der Waals surface area contributed by atoms with Gasteiger partial charge in [0.15, 0.2) is 0 Å². The van der Waals surface area contributed by atoms with Gasteiger partial charge in [-0.1, -0.05) is 46.3 Å². The molecule has 2 aliphatic rings. The van der Waals surface area contributed by atoms with Crippen LogP contribution in [0.25, 0.3) is 0 Å². The molecular formula is C21H23BrN2O. The number of likely N-dealkylation sites (tertiary alicyclic amines) is 1. The van der Waals surface area contributed by atoms with Crippen LogP contribution in [0.2, 0.25) is 0 Å². The molecule has 0 saturated carbocycles. The summed E-state index contributed by atoms with van der Waals surface area (Å²) < 4.78 is 1.11. The lowest BCUT2D eigenvalue weighted by atomic mass is 9.96. The lowest BCUT2D eigenvalue weighted by Gasteiger charge is -2.34. The maximum absolute atomic E-state index is 13.1. The summed E-state index contributed by atoms with van der Waals surface area (Å²) in [6, 6.07) is 16.8. The molecule has 0 aliphatic carbocycles. The van der Waals surface area contributed by atoms with Gasteiger partial charge in [0.25, 0.3) is 0 Å². The Bertz CT molecular complexity index is 759. The van der Waals surface area contributed by atoms with E-state index in [-0.39, 0.29) is 5.92 Å². The fraction of sp³-hybridized carbons (Fsp3) is 0.381. The summed E-state index contributed by atoms with van der Waals surface area (Å²) in [4.78, 5) is 17.5. The fourth-order valence-electron chi connectivity index (χ4n) is 4.04. The van der Waals surface area contributed by atoms with Gasteiger partial charge in [0.05, 0.1) is 5.92 Å². The molecular weight excluding hydrogens is 376 g/mol. The highest BCUT2D eigenvalue weighted by atomic mass is 79.9. The minimum absolute atomic E-state index is 0.121. The van der Waals surface area contributed by atoms with Gasteiger partial charge >= 0.3 is 0 Å². The van der Waals surface area contributed by atoms with Crippen LogP contribution in [0.4, 0.5) is 5.69 Å². The molecule has 1 saturated heterocycles. The second-order valence-electron chi connectivity index (χ2n) is 7.07. The van der Waals surface area contributed by atoms with Crippen LogP contribution in [0.3, 0.4) is 0 Å². The van der Waals surface area contributed by atoms with E-state index < -0.39 is 0 Å². The van der Waals surface area contributed by atoms with Crippen molar-refractivity contribution in [1.29, 1.82) is 0 Å². The van der Waals surface area contributed by atoms with Crippen LogP contribution in [0.5, 0.6) is 0 Å². The number of hydrogen-bond donors (Lipinski definition) is 0. The molecule has 0 bridgehead atoms. The molecule has 3 nitrogen and oxygen atoms in total. The van der Waals surface area contributed by atoms with E-state index in [1.807, 2.05) is 11.0 Å². The minimum atomic E-state index is 0.121. The lowest BCUT2D eigenvalue weighted by Crippen LogP contribution is -2.44. The van der Waals surface area contributed by atoms with Crippen molar-refractivity contribution in [3.05, 3.63) is 64.1 Å². The van der Waals surface area contributed by atoms with E-state index in [9.17, 15) is 4.79 Å². The molecule has 2 aliphatic heterocycles. The number of halogens is 1. The van der Waals surface area contributed by atoms with Gasteiger partial charge in [-0.25, -0.2) is 0 Å². The number of carbonyl (C=O) groups excluding carboxylic acids is 1. The monoisotopic (exact) mass is 398 g/mol. The Morgan fingerprint density at radius 1 is 1.08 bits per heavy atom. The molecule has 4 heteroatoms. The van der Waals surface area contributed by atoms with Crippen molar-refractivity contribution in [1.82, 2.24) is 4.90 Å². The second kappa shape index (κ2) is 7.30. The normalized spacial score (nSPS) is 20.5. The van der Waals surface area contributed by atoms with Crippen molar-refractivity contribution in [3.63, 3.8) is 0 Å². The van der Waals surface area contributed by atoms with Gasteiger partial charge in [-0.2, -0.15) is 0 Å². The Labute approximate surface area is 157 Å². The van der Waals surface area contributed by atoms with Crippen molar-refractivity contribution in [2.75, 3.05) is 24.5 Å². The van der Waals surface area contributed by atoms with Crippen LogP contribution in [0.1, 0.15) is 24.0 Å². The molecule has 4 rings (SSSR count). The van der Waals surface area contributed by atoms with Crippen LogP contribution in [0, 0.1) is 5.92 Å². The molecule has 0 radical (unpaired) electrons. The van der Waals surface area contributed by atoms with E-state index in [1.165, 1.54) is 11.1 Å². The fourth-order valence-corrected chi connectivity index (χ4v) is 4.30. The molecule has 0 aromatic heterocycles. The van der Waals surface area contributed by atoms with E-state index in [0.29, 0.717) is 5.91 Å². The second-order valence-corrected chi connectivity index (χ2v) is 7.98. The average molecular weight is 399 g/mol. The number of carbonyl (C=O) groups is 1. The minimum Gasteiger partial charge on any atom is -0.312 e. The zero-order chi connectivity index (χ0) is 17.2. The molecule has 1 amide bonds. The first-order valence-electron chi connectivity index (χ1n) is 9.07. The third-order valence-corrected chi connectivity index (χ3v) is 5.86. The van der Waals surface area contributed by atoms with Gasteiger partial charge in [0, 0.05) is 29.8 Å². The zero-order valence-corrected chi connectivity index (χ0v) is 15.9. The molecule has 25 heavy (non-hydrogen) atoms. The Kier molecular flexibility index (Phi) is 4.91. The highest BCUT2D eigenvalue weighted by Gasteiger charge is 2.32. The summed E-state index contributed by atoms with van der Waals surface area (Å²) in [7, 11) is 0. The van der Waals surface area contributed by atoms with Crippen LogP contribution in [-0.4, -0.2) is 30.4 Å². The Hall–Kier alpha value is -1.65. The summed E-state index contributed by atoms with van der Waals surface area (Å²) in [5.41, 5.74) is 3.73. The standard InChI is InChI=1S/C21H23BrN2O/c22-19-9-7-16(8-10-19)14-23-12-3-5-18(15-23)21(25)24-13-11-17-4-1-2-6-20(17)24/h1-2,4,6-10,18H,3,5,11-15H2. The topological polar surface area (TPSA) is 23.6 Å². The van der Waals surface area contributed by atoms with Crippen molar-refractivity contribution >= 4 is 27.5 Å². The predicted molar refractivity (Wildman–Crippen MR) is 105 cm³/mol. The number of fused-ring (bicyclic) bond motifs is 1. The maximum Gasteiger partial charge on any atom is 0.231 e. The van der Waals surface area contributed by atoms with Gasteiger partial charge in [-0.3, -0.25) is 9.69 Å². The Morgan fingerprint density at radius 2 is 1.88 bits per heavy atom. The van der Waals surface area contributed by atoms with E-state index in [1.54, 1.807) is 0 Å². The van der Waals surface area contributed by atoms with E-state index in [0.717, 1.165) is 55.6 Å². The van der Waals surface area contributed by atoms with Gasteiger partial charge < -0.3 is 4.90 Å². The highest BCUT2D eigenvalue weighted by Crippen LogP contribution is 2.31. The first-order chi connectivity index (χ1) is 12.2. The molecule has 0 spiro atoms. The van der Waals surface area contributed by atoms with Gasteiger partial charge in [0.2, 0.25) is 5.91 Å². The lowest BCUT2D eigenvalue weighted by molar-refractivity contribution is -0.124. The summed E-state index contributed by atoms with van der Waals surface area (Å²) in [5, 5.41) is 0. The van der Waals surface area contributed by atoms with Gasteiger partial charge in [-0.05, 0) is 55.1 Å². The number of amides is 1. The van der Waals surface area contributed by atoms with E-state index in [4.69, 9.17) is 0 Å². The van der Waals surface area contributed by atoms with Crippen LogP contribution in [-0.2, 0) is 17.8 Å². The number of benzene rings is 2. The number of rotatable bonds is 3. The van der Waals surface area contributed by atoms with Gasteiger partial charge in [-0.15, -0.1) is 0 Å². The zero-order valence-electron chi connectivity index (χ0n) is 14.3. The SMILES string of the molecule is O=C(C1CCCN(Cc2ccc(Br)cc2)C1)N1CCc2ccccc21. The smallest absolute Gasteiger partial charge is 0.231 e. The van der Waals surface area contributed by atoms with Crippen molar-refractivity contribution < 1.29 is 4.79 Å². The number of piperidine rings is 1. The summed E-state index contributed by atoms with van der Waals surface area (Å²) in [5.74, 6) is 0.431. The number of nitrogens with zero attached hydrogens (tertiary/aromatic N) is 2. The van der Waals surface area contributed by atoms with Gasteiger partial charge in [0.1, 0.15) is 0 Å². The molecule has 2 aromatic rings. The Balaban J connectivity index is 1.43. The highest BCUT2D eigenvalue weighted by molar-refractivity contribution is 9.10. The third-order valence-electron chi connectivity index (χ3n) is 5.33. The maximum atomic E-state index is 13.1. The predicted octanol–water partition coefficient (Wildman–Crippen LogP) is 4.25. The molecule has 0 N–H and O–H groups in total.